The number of carbonyl (C=O) groups is 1. The maximum atomic E-state index is 12.6. The van der Waals surface area contributed by atoms with Crippen LogP contribution in [0.25, 0.3) is 0 Å². The van der Waals surface area contributed by atoms with E-state index in [1.54, 1.807) is 42.5 Å². The molecular formula is C19H19NO5S. The molecule has 0 fully saturated rings. The minimum atomic E-state index is -4.04. The van der Waals surface area contributed by atoms with Gasteiger partial charge in [0.25, 0.3) is 0 Å². The third-order valence-electron chi connectivity index (χ3n) is 3.87. The Morgan fingerprint density at radius 1 is 1.08 bits per heavy atom. The van der Waals surface area contributed by atoms with E-state index in [-0.39, 0.29) is 11.6 Å². The highest BCUT2D eigenvalue weighted by Gasteiger charge is 2.39. The van der Waals surface area contributed by atoms with Crippen molar-refractivity contribution < 1.29 is 22.1 Å². The number of Topliss-reactive ketones (excluding diaryl/α,β-unsaturated/α-hetero) is 1. The van der Waals surface area contributed by atoms with Crippen LogP contribution in [0.1, 0.15) is 28.4 Å². The number of nitrogens with two attached hydrogens (primary N) is 1. The van der Waals surface area contributed by atoms with E-state index < -0.39 is 27.8 Å². The van der Waals surface area contributed by atoms with Crippen LogP contribution in [0.15, 0.2) is 60.2 Å². The first-order valence-electron chi connectivity index (χ1n) is 8.00. The molecule has 2 aromatic rings. The molecule has 0 bridgehead atoms. The lowest BCUT2D eigenvalue weighted by molar-refractivity contribution is -0.123. The van der Waals surface area contributed by atoms with Gasteiger partial charge in [0.15, 0.2) is 6.10 Å². The number of hydrogen-bond acceptors (Lipinski definition) is 6. The average molecular weight is 373 g/mol. The molecule has 2 aromatic carbocycles. The van der Waals surface area contributed by atoms with Gasteiger partial charge in [-0.15, -0.1) is 0 Å². The van der Waals surface area contributed by atoms with E-state index in [4.69, 9.17) is 14.7 Å². The van der Waals surface area contributed by atoms with E-state index in [1.807, 2.05) is 19.9 Å². The fourth-order valence-electron chi connectivity index (χ4n) is 2.87. The molecule has 1 aliphatic heterocycles. The Hall–Kier alpha value is -2.80. The Bertz CT molecular complexity index is 960. The van der Waals surface area contributed by atoms with Crippen molar-refractivity contribution in [3.8, 4) is 0 Å². The summed E-state index contributed by atoms with van der Waals surface area (Å²) in [6, 6.07) is 14.1. The van der Waals surface area contributed by atoms with Gasteiger partial charge in [-0.1, -0.05) is 59.7 Å². The summed E-state index contributed by atoms with van der Waals surface area (Å²) in [4.78, 5) is 12.6. The first kappa shape index (κ1) is 18.0. The maximum absolute atomic E-state index is 12.6. The number of benzene rings is 2. The van der Waals surface area contributed by atoms with Crippen LogP contribution in [-0.4, -0.2) is 14.2 Å². The van der Waals surface area contributed by atoms with Crippen LogP contribution in [0.3, 0.4) is 0 Å². The van der Waals surface area contributed by atoms with Crippen molar-refractivity contribution in [2.45, 2.75) is 25.7 Å². The van der Waals surface area contributed by atoms with E-state index >= 15 is 0 Å². The molecule has 2 N–H and O–H groups in total. The number of carbonyl (C=O) groups excluding carboxylic acids is 1. The summed E-state index contributed by atoms with van der Waals surface area (Å²) in [6.07, 6.45) is -1.00. The van der Waals surface area contributed by atoms with Gasteiger partial charge in [-0.3, -0.25) is 4.79 Å². The first-order chi connectivity index (χ1) is 12.2. The molecule has 136 valence electrons. The summed E-state index contributed by atoms with van der Waals surface area (Å²) >= 11 is 0. The van der Waals surface area contributed by atoms with Crippen molar-refractivity contribution in [1.82, 2.24) is 0 Å². The van der Waals surface area contributed by atoms with Gasteiger partial charge in [-0.05, 0) is 19.4 Å². The van der Waals surface area contributed by atoms with Gasteiger partial charge >= 0.3 is 10.1 Å². The quantitative estimate of drug-likeness (QED) is 0.810. The van der Waals surface area contributed by atoms with Crippen molar-refractivity contribution in [1.29, 1.82) is 0 Å². The summed E-state index contributed by atoms with van der Waals surface area (Å²) in [5.41, 5.74) is 8.79. The minimum absolute atomic E-state index is 0.323. The molecular weight excluding hydrogens is 354 g/mol. The monoisotopic (exact) mass is 373 g/mol. The predicted octanol–water partition coefficient (Wildman–Crippen LogP) is 2.62. The van der Waals surface area contributed by atoms with Gasteiger partial charge in [-0.2, -0.15) is 8.42 Å². The molecule has 0 saturated heterocycles. The second-order valence-corrected chi connectivity index (χ2v) is 7.82. The molecule has 0 aliphatic carbocycles. The summed E-state index contributed by atoms with van der Waals surface area (Å²) in [5, 5.41) is 0. The normalized spacial score (nSPS) is 17.3. The van der Waals surface area contributed by atoms with E-state index in [9.17, 15) is 13.2 Å². The van der Waals surface area contributed by atoms with E-state index in [0.717, 1.165) is 11.1 Å². The molecule has 0 radical (unpaired) electrons. The number of hydrogen-bond donors (Lipinski definition) is 1. The fourth-order valence-corrected chi connectivity index (χ4v) is 3.95. The Morgan fingerprint density at radius 2 is 1.69 bits per heavy atom. The second-order valence-electron chi connectivity index (χ2n) is 6.25. The Balaban J connectivity index is 1.80. The zero-order chi connectivity index (χ0) is 18.9. The zero-order valence-electron chi connectivity index (χ0n) is 14.4. The van der Waals surface area contributed by atoms with Gasteiger partial charge in [0, 0.05) is 5.56 Å². The Kier molecular flexibility index (Phi) is 4.73. The third kappa shape index (κ3) is 3.88. The van der Waals surface area contributed by atoms with Gasteiger partial charge < -0.3 is 14.7 Å². The molecule has 3 rings (SSSR count). The maximum Gasteiger partial charge on any atom is 0.313 e. The molecule has 0 spiro atoms. The lowest BCUT2D eigenvalue weighted by Crippen LogP contribution is -2.16. The fraction of sp³-hybridized carbons (Fsp3) is 0.211. The molecule has 7 heteroatoms. The minimum Gasteiger partial charge on any atom is -0.460 e. The SMILES string of the molecule is Cc1cc(C)cc(C2OC(N)=C(OS(=O)(=O)Cc3ccccc3)C2=O)c1. The molecule has 6 nitrogen and oxygen atoms in total. The highest BCUT2D eigenvalue weighted by atomic mass is 32.2. The molecule has 0 saturated carbocycles. The van der Waals surface area contributed by atoms with Gasteiger partial charge in [0.1, 0.15) is 5.75 Å². The molecule has 1 atom stereocenters. The van der Waals surface area contributed by atoms with Crippen LogP contribution in [0.2, 0.25) is 0 Å². The summed E-state index contributed by atoms with van der Waals surface area (Å²) in [5.74, 6) is -1.77. The van der Waals surface area contributed by atoms with Crippen molar-refractivity contribution >= 4 is 15.9 Å². The van der Waals surface area contributed by atoms with Crippen LogP contribution < -0.4 is 5.73 Å². The highest BCUT2D eigenvalue weighted by Crippen LogP contribution is 2.33. The number of ether oxygens (including phenoxy) is 1. The summed E-state index contributed by atoms with van der Waals surface area (Å²) in [7, 11) is -4.04. The van der Waals surface area contributed by atoms with Crippen molar-refractivity contribution in [2.24, 2.45) is 5.73 Å². The van der Waals surface area contributed by atoms with Crippen molar-refractivity contribution in [2.75, 3.05) is 0 Å². The van der Waals surface area contributed by atoms with Crippen LogP contribution in [0, 0.1) is 13.8 Å². The number of ketones is 1. The van der Waals surface area contributed by atoms with Gasteiger partial charge in [0.2, 0.25) is 17.4 Å². The smallest absolute Gasteiger partial charge is 0.313 e. The largest absolute Gasteiger partial charge is 0.460 e. The number of rotatable bonds is 5. The van der Waals surface area contributed by atoms with E-state index in [0.29, 0.717) is 11.1 Å². The standard InChI is InChI=1S/C19H19NO5S/c1-12-8-13(2)10-15(9-12)17-16(21)18(19(20)24-17)25-26(22,23)11-14-6-4-3-5-7-14/h3-10,17H,11,20H2,1-2H3. The van der Waals surface area contributed by atoms with Crippen LogP contribution in [0.4, 0.5) is 0 Å². The number of aryl methyl sites for hydroxylation is 2. The van der Waals surface area contributed by atoms with Crippen molar-refractivity contribution in [3.05, 3.63) is 82.4 Å². The molecule has 1 heterocycles. The average Bonchev–Trinajstić information content (AvgIpc) is 2.82. The van der Waals surface area contributed by atoms with Crippen LogP contribution >= 0.6 is 0 Å². The lowest BCUT2D eigenvalue weighted by atomic mass is 10.0. The van der Waals surface area contributed by atoms with Gasteiger partial charge in [-0.25, -0.2) is 0 Å². The van der Waals surface area contributed by atoms with E-state index in [2.05, 4.69) is 0 Å². The molecule has 1 unspecified atom stereocenters. The molecule has 26 heavy (non-hydrogen) atoms. The van der Waals surface area contributed by atoms with Gasteiger partial charge in [0.05, 0.1) is 0 Å². The molecule has 1 aliphatic rings. The topological polar surface area (TPSA) is 95.7 Å². The first-order valence-corrected chi connectivity index (χ1v) is 9.58. The zero-order valence-corrected chi connectivity index (χ0v) is 15.2. The highest BCUT2D eigenvalue weighted by molar-refractivity contribution is 7.86. The predicted molar refractivity (Wildman–Crippen MR) is 96.1 cm³/mol. The summed E-state index contributed by atoms with van der Waals surface area (Å²) < 4.78 is 34.9. The van der Waals surface area contributed by atoms with E-state index in [1.165, 1.54) is 0 Å². The Labute approximate surface area is 152 Å². The van der Waals surface area contributed by atoms with Crippen LogP contribution in [-0.2, 0) is 29.6 Å². The summed E-state index contributed by atoms with van der Waals surface area (Å²) in [6.45, 7) is 3.79. The third-order valence-corrected chi connectivity index (χ3v) is 4.98. The van der Waals surface area contributed by atoms with Crippen LogP contribution in [0.5, 0.6) is 0 Å². The van der Waals surface area contributed by atoms with Crippen molar-refractivity contribution in [3.63, 3.8) is 0 Å². The molecule has 0 aromatic heterocycles. The Morgan fingerprint density at radius 3 is 2.31 bits per heavy atom. The lowest BCUT2D eigenvalue weighted by Gasteiger charge is -2.12. The second kappa shape index (κ2) is 6.84. The molecule has 0 amide bonds.